The Bertz CT molecular complexity index is 410. The Morgan fingerprint density at radius 2 is 2.26 bits per heavy atom. The summed E-state index contributed by atoms with van der Waals surface area (Å²) in [6.45, 7) is 0.840. The number of aromatic nitrogens is 1. The molecular weight excluding hydrogens is 277 g/mol. The Morgan fingerprint density at radius 1 is 1.47 bits per heavy atom. The Hall–Kier alpha value is -1.11. The van der Waals surface area contributed by atoms with E-state index in [2.05, 4.69) is 22.0 Å². The van der Waals surface area contributed by atoms with Crippen LogP contribution in [0.4, 0.5) is 18.9 Å². The summed E-state index contributed by atoms with van der Waals surface area (Å²) in [6.07, 6.45) is -1.76. The maximum atomic E-state index is 12.0. The first kappa shape index (κ1) is 14.3. The van der Waals surface area contributed by atoms with Crippen molar-refractivity contribution in [3.05, 3.63) is 18.3 Å². The average molecular weight is 292 g/mol. The summed E-state index contributed by atoms with van der Waals surface area (Å²) in [4.78, 5) is 3.86. The van der Waals surface area contributed by atoms with Crippen molar-refractivity contribution in [1.29, 1.82) is 0 Å². The summed E-state index contributed by atoms with van der Waals surface area (Å²) in [5.41, 5.74) is 0.804. The molecule has 0 spiro atoms. The van der Waals surface area contributed by atoms with Gasteiger partial charge in [0.05, 0.1) is 11.9 Å². The van der Waals surface area contributed by atoms with Crippen molar-refractivity contribution in [2.45, 2.75) is 30.8 Å². The molecule has 0 bridgehead atoms. The Kier molecular flexibility index (Phi) is 4.44. The van der Waals surface area contributed by atoms with Gasteiger partial charge >= 0.3 is 6.18 Å². The molecule has 0 aliphatic carbocycles. The molecule has 2 rings (SSSR count). The Labute approximate surface area is 113 Å². The standard InChI is InChI=1S/C12H15F3N2OS/c1-8-10(4-5-19-8)17-9-2-3-11(16-6-9)18-7-12(13,14)15/h2-3,6,8,10,17H,4-5,7H2,1H3. The third-order valence-electron chi connectivity index (χ3n) is 2.85. The van der Waals surface area contributed by atoms with Crippen LogP contribution in [0.1, 0.15) is 13.3 Å². The van der Waals surface area contributed by atoms with Gasteiger partial charge in [-0.25, -0.2) is 4.98 Å². The van der Waals surface area contributed by atoms with Crippen molar-refractivity contribution < 1.29 is 17.9 Å². The number of halogens is 3. The van der Waals surface area contributed by atoms with Crippen LogP contribution in [0.25, 0.3) is 0 Å². The van der Waals surface area contributed by atoms with Crippen LogP contribution in [-0.2, 0) is 0 Å². The van der Waals surface area contributed by atoms with E-state index in [0.717, 1.165) is 17.9 Å². The molecule has 1 aliphatic heterocycles. The number of thioether (sulfide) groups is 1. The predicted molar refractivity (Wildman–Crippen MR) is 69.7 cm³/mol. The highest BCUT2D eigenvalue weighted by Gasteiger charge is 2.28. The van der Waals surface area contributed by atoms with Crippen molar-refractivity contribution in [2.24, 2.45) is 0 Å². The number of alkyl halides is 3. The van der Waals surface area contributed by atoms with E-state index in [1.807, 2.05) is 11.8 Å². The van der Waals surface area contributed by atoms with Gasteiger partial charge in [-0.3, -0.25) is 0 Å². The summed E-state index contributed by atoms with van der Waals surface area (Å²) in [5.74, 6) is 1.11. The summed E-state index contributed by atoms with van der Waals surface area (Å²) < 4.78 is 40.4. The molecule has 0 saturated carbocycles. The number of ether oxygens (including phenoxy) is 1. The van der Waals surface area contributed by atoms with Crippen molar-refractivity contribution in [3.8, 4) is 5.88 Å². The number of rotatable bonds is 4. The van der Waals surface area contributed by atoms with Gasteiger partial charge in [0, 0.05) is 17.4 Å². The van der Waals surface area contributed by atoms with E-state index in [0.29, 0.717) is 11.3 Å². The SMILES string of the molecule is CC1SCCC1Nc1ccc(OCC(F)(F)F)nc1. The predicted octanol–water partition coefficient (Wildman–Crippen LogP) is 3.33. The highest BCUT2D eigenvalue weighted by molar-refractivity contribution is 8.00. The zero-order valence-corrected chi connectivity index (χ0v) is 11.2. The first-order chi connectivity index (χ1) is 8.94. The molecule has 0 aromatic carbocycles. The molecule has 1 aliphatic rings. The highest BCUT2D eigenvalue weighted by Crippen LogP contribution is 2.29. The lowest BCUT2D eigenvalue weighted by Crippen LogP contribution is -2.24. The molecular formula is C12H15F3N2OS. The van der Waals surface area contributed by atoms with Crippen molar-refractivity contribution >= 4 is 17.4 Å². The smallest absolute Gasteiger partial charge is 0.422 e. The maximum absolute atomic E-state index is 12.0. The lowest BCUT2D eigenvalue weighted by molar-refractivity contribution is -0.154. The lowest BCUT2D eigenvalue weighted by atomic mass is 10.1. The second kappa shape index (κ2) is 5.90. The van der Waals surface area contributed by atoms with Gasteiger partial charge in [0.25, 0.3) is 0 Å². The summed E-state index contributed by atoms with van der Waals surface area (Å²) in [5, 5.41) is 3.86. The van der Waals surface area contributed by atoms with Gasteiger partial charge in [-0.15, -0.1) is 0 Å². The molecule has 2 unspecified atom stereocenters. The van der Waals surface area contributed by atoms with Gasteiger partial charge in [0.1, 0.15) is 0 Å². The zero-order chi connectivity index (χ0) is 13.9. The third-order valence-corrected chi connectivity index (χ3v) is 4.17. The first-order valence-corrected chi connectivity index (χ1v) is 7.03. The van der Waals surface area contributed by atoms with Crippen LogP contribution in [0.3, 0.4) is 0 Å². The molecule has 0 amide bonds. The second-order valence-electron chi connectivity index (χ2n) is 4.40. The number of nitrogens with zero attached hydrogens (tertiary/aromatic N) is 1. The van der Waals surface area contributed by atoms with Gasteiger partial charge < -0.3 is 10.1 Å². The summed E-state index contributed by atoms with van der Waals surface area (Å²) in [7, 11) is 0. The number of hydrogen-bond donors (Lipinski definition) is 1. The van der Waals surface area contributed by atoms with E-state index in [9.17, 15) is 13.2 Å². The lowest BCUT2D eigenvalue weighted by Gasteiger charge is -2.17. The fraction of sp³-hybridized carbons (Fsp3) is 0.583. The topological polar surface area (TPSA) is 34.1 Å². The molecule has 0 radical (unpaired) electrons. The first-order valence-electron chi connectivity index (χ1n) is 5.98. The van der Waals surface area contributed by atoms with Gasteiger partial charge in [-0.2, -0.15) is 24.9 Å². The van der Waals surface area contributed by atoms with Crippen molar-refractivity contribution in [1.82, 2.24) is 4.98 Å². The third kappa shape index (κ3) is 4.49. The molecule has 1 aromatic heterocycles. The quantitative estimate of drug-likeness (QED) is 0.923. The van der Waals surface area contributed by atoms with E-state index >= 15 is 0 Å². The van der Waals surface area contributed by atoms with Crippen LogP contribution < -0.4 is 10.1 Å². The average Bonchev–Trinajstić information content (AvgIpc) is 2.73. The Balaban J connectivity index is 1.87. The van der Waals surface area contributed by atoms with Gasteiger partial charge in [-0.05, 0) is 18.2 Å². The minimum atomic E-state index is -4.34. The van der Waals surface area contributed by atoms with Crippen LogP contribution in [-0.4, -0.2) is 34.8 Å². The second-order valence-corrected chi connectivity index (χ2v) is 5.89. The number of pyridine rings is 1. The molecule has 2 atom stereocenters. The van der Waals surface area contributed by atoms with E-state index in [1.54, 1.807) is 6.07 Å². The maximum Gasteiger partial charge on any atom is 0.422 e. The van der Waals surface area contributed by atoms with Crippen LogP contribution in [0.2, 0.25) is 0 Å². The van der Waals surface area contributed by atoms with Crippen LogP contribution in [0, 0.1) is 0 Å². The number of anilines is 1. The summed E-state index contributed by atoms with van der Waals surface area (Å²) in [6, 6.07) is 3.52. The van der Waals surface area contributed by atoms with E-state index in [-0.39, 0.29) is 5.88 Å². The molecule has 7 heteroatoms. The molecule has 1 N–H and O–H groups in total. The molecule has 106 valence electrons. The van der Waals surface area contributed by atoms with E-state index < -0.39 is 12.8 Å². The van der Waals surface area contributed by atoms with E-state index in [4.69, 9.17) is 0 Å². The molecule has 2 heterocycles. The Morgan fingerprint density at radius 3 is 2.79 bits per heavy atom. The normalized spacial score (nSPS) is 23.4. The van der Waals surface area contributed by atoms with Gasteiger partial charge in [-0.1, -0.05) is 6.92 Å². The number of nitrogens with one attached hydrogen (secondary N) is 1. The molecule has 1 fully saturated rings. The minimum Gasteiger partial charge on any atom is -0.468 e. The highest BCUT2D eigenvalue weighted by atomic mass is 32.2. The summed E-state index contributed by atoms with van der Waals surface area (Å²) >= 11 is 1.91. The fourth-order valence-electron chi connectivity index (χ4n) is 1.84. The van der Waals surface area contributed by atoms with Crippen molar-refractivity contribution in [2.75, 3.05) is 17.7 Å². The molecule has 1 saturated heterocycles. The molecule has 1 aromatic rings. The van der Waals surface area contributed by atoms with Crippen LogP contribution >= 0.6 is 11.8 Å². The van der Waals surface area contributed by atoms with E-state index in [1.165, 1.54) is 12.3 Å². The number of hydrogen-bond acceptors (Lipinski definition) is 4. The van der Waals surface area contributed by atoms with Crippen LogP contribution in [0.5, 0.6) is 5.88 Å². The minimum absolute atomic E-state index is 0.0169. The molecule has 3 nitrogen and oxygen atoms in total. The largest absolute Gasteiger partial charge is 0.468 e. The van der Waals surface area contributed by atoms with Crippen LogP contribution in [0.15, 0.2) is 18.3 Å². The zero-order valence-electron chi connectivity index (χ0n) is 10.4. The van der Waals surface area contributed by atoms with Gasteiger partial charge in [0.2, 0.25) is 5.88 Å². The molecule has 19 heavy (non-hydrogen) atoms. The monoisotopic (exact) mass is 292 g/mol. The fourth-order valence-corrected chi connectivity index (χ4v) is 3.04. The van der Waals surface area contributed by atoms with Gasteiger partial charge in [0.15, 0.2) is 6.61 Å². The van der Waals surface area contributed by atoms with Crippen molar-refractivity contribution in [3.63, 3.8) is 0 Å².